The minimum Gasteiger partial charge on any atom is -0.322 e. The number of rotatable bonds is 5. The fraction of sp³-hybridized carbons (Fsp3) is 0.259. The largest absolute Gasteiger partial charge is 0.322 e. The van der Waals surface area contributed by atoms with Gasteiger partial charge >= 0.3 is 0 Å². The predicted octanol–water partition coefficient (Wildman–Crippen LogP) is 6.68. The van der Waals surface area contributed by atoms with Crippen LogP contribution in [-0.2, 0) is 0 Å². The molecule has 0 radical (unpaired) electrons. The first-order valence-corrected chi connectivity index (χ1v) is 12.1. The molecule has 0 saturated heterocycles. The molecule has 176 valence electrons. The number of hydrogen-bond acceptors (Lipinski definition) is 3. The van der Waals surface area contributed by atoms with Crippen LogP contribution in [-0.4, -0.2) is 36.9 Å². The van der Waals surface area contributed by atoms with E-state index in [1.165, 1.54) is 0 Å². The zero-order valence-electron chi connectivity index (χ0n) is 19.2. The SMILES string of the molecule is CCN(C)C1CCCN(C(=O)c2ccc(NC(=O)c3ccccc3Cl)cc2Cl)c2ccccc21. The first kappa shape index (κ1) is 24.3. The number of fused-ring (bicyclic) bond motifs is 1. The number of para-hydroxylation sites is 1. The van der Waals surface area contributed by atoms with Gasteiger partial charge in [-0.15, -0.1) is 0 Å². The van der Waals surface area contributed by atoms with Crippen molar-refractivity contribution in [2.24, 2.45) is 0 Å². The Morgan fingerprint density at radius 3 is 2.47 bits per heavy atom. The van der Waals surface area contributed by atoms with Crippen LogP contribution in [0.25, 0.3) is 0 Å². The second-order valence-electron chi connectivity index (χ2n) is 8.38. The highest BCUT2D eigenvalue weighted by atomic mass is 35.5. The zero-order valence-corrected chi connectivity index (χ0v) is 20.7. The third kappa shape index (κ3) is 4.97. The van der Waals surface area contributed by atoms with Crippen LogP contribution in [0.1, 0.15) is 52.1 Å². The number of nitrogens with zero attached hydrogens (tertiary/aromatic N) is 2. The van der Waals surface area contributed by atoms with Crippen molar-refractivity contribution in [3.05, 3.63) is 93.5 Å². The van der Waals surface area contributed by atoms with Crippen LogP contribution in [0, 0.1) is 0 Å². The summed E-state index contributed by atoms with van der Waals surface area (Å²) < 4.78 is 0. The molecule has 2 amide bonds. The average molecular weight is 496 g/mol. The Bertz CT molecular complexity index is 1210. The maximum absolute atomic E-state index is 13.6. The average Bonchev–Trinajstić information content (AvgIpc) is 3.03. The minimum absolute atomic E-state index is 0.152. The summed E-state index contributed by atoms with van der Waals surface area (Å²) in [6.07, 6.45) is 1.87. The van der Waals surface area contributed by atoms with Crippen molar-refractivity contribution >= 4 is 46.4 Å². The van der Waals surface area contributed by atoms with Gasteiger partial charge in [-0.05, 0) is 68.4 Å². The van der Waals surface area contributed by atoms with E-state index in [2.05, 4.69) is 30.3 Å². The highest BCUT2D eigenvalue weighted by Gasteiger charge is 2.29. The molecule has 5 nitrogen and oxygen atoms in total. The van der Waals surface area contributed by atoms with Crippen molar-refractivity contribution < 1.29 is 9.59 Å². The van der Waals surface area contributed by atoms with Gasteiger partial charge in [0, 0.05) is 24.0 Å². The van der Waals surface area contributed by atoms with Gasteiger partial charge in [-0.3, -0.25) is 14.5 Å². The van der Waals surface area contributed by atoms with Crippen molar-refractivity contribution in [1.29, 1.82) is 0 Å². The van der Waals surface area contributed by atoms with E-state index in [4.69, 9.17) is 23.2 Å². The Morgan fingerprint density at radius 1 is 1.00 bits per heavy atom. The lowest BCUT2D eigenvalue weighted by Crippen LogP contribution is -2.32. The summed E-state index contributed by atoms with van der Waals surface area (Å²) in [7, 11) is 2.12. The third-order valence-electron chi connectivity index (χ3n) is 6.30. The van der Waals surface area contributed by atoms with Crippen molar-refractivity contribution in [2.75, 3.05) is 30.4 Å². The molecule has 0 aliphatic carbocycles. The molecule has 0 bridgehead atoms. The number of amides is 2. The molecule has 3 aromatic rings. The molecular weight excluding hydrogens is 469 g/mol. The maximum atomic E-state index is 13.6. The summed E-state index contributed by atoms with van der Waals surface area (Å²) in [5, 5.41) is 3.45. The Kier molecular flexibility index (Phi) is 7.57. The second kappa shape index (κ2) is 10.6. The van der Waals surface area contributed by atoms with Gasteiger partial charge < -0.3 is 10.2 Å². The Labute approximate surface area is 210 Å². The van der Waals surface area contributed by atoms with Crippen LogP contribution in [0.4, 0.5) is 11.4 Å². The van der Waals surface area contributed by atoms with Gasteiger partial charge in [-0.2, -0.15) is 0 Å². The number of benzene rings is 3. The van der Waals surface area contributed by atoms with Gasteiger partial charge in [0.2, 0.25) is 0 Å². The fourth-order valence-electron chi connectivity index (χ4n) is 4.38. The topological polar surface area (TPSA) is 52.6 Å². The maximum Gasteiger partial charge on any atom is 0.259 e. The highest BCUT2D eigenvalue weighted by molar-refractivity contribution is 6.35. The second-order valence-corrected chi connectivity index (χ2v) is 9.19. The molecular formula is C27H27Cl2N3O2. The predicted molar refractivity (Wildman–Crippen MR) is 139 cm³/mol. The molecule has 0 saturated carbocycles. The minimum atomic E-state index is -0.340. The molecule has 7 heteroatoms. The molecule has 1 aliphatic rings. The van der Waals surface area contributed by atoms with E-state index in [0.717, 1.165) is 30.6 Å². The molecule has 0 spiro atoms. The molecule has 1 aliphatic heterocycles. The van der Waals surface area contributed by atoms with Crippen LogP contribution in [0.15, 0.2) is 66.7 Å². The summed E-state index contributed by atoms with van der Waals surface area (Å²) in [5.74, 6) is -0.491. The smallest absolute Gasteiger partial charge is 0.259 e. The third-order valence-corrected chi connectivity index (χ3v) is 6.94. The van der Waals surface area contributed by atoms with E-state index in [1.54, 1.807) is 42.5 Å². The van der Waals surface area contributed by atoms with Crippen molar-refractivity contribution in [3.8, 4) is 0 Å². The standard InChI is InChI=1S/C27H27Cl2N3O2/c1-3-31(2)24-13-8-16-32(25-12-7-5-10-21(24)25)27(34)20-15-14-18(17-23(20)29)30-26(33)19-9-4-6-11-22(19)28/h4-7,9-12,14-15,17,24H,3,8,13,16H2,1-2H3,(H,30,33). The fourth-order valence-corrected chi connectivity index (χ4v) is 4.86. The first-order chi connectivity index (χ1) is 16.4. The number of carbonyl (C=O) groups excluding carboxylic acids is 2. The van der Waals surface area contributed by atoms with Crippen LogP contribution < -0.4 is 10.2 Å². The van der Waals surface area contributed by atoms with E-state index < -0.39 is 0 Å². The van der Waals surface area contributed by atoms with Gasteiger partial charge in [0.25, 0.3) is 11.8 Å². The van der Waals surface area contributed by atoms with Crippen LogP contribution in [0.2, 0.25) is 10.0 Å². The molecule has 1 heterocycles. The summed E-state index contributed by atoms with van der Waals surface area (Å²) in [6.45, 7) is 3.69. The lowest BCUT2D eigenvalue weighted by molar-refractivity contribution is 0.0986. The Balaban J connectivity index is 1.59. The normalized spacial score (nSPS) is 15.6. The molecule has 0 fully saturated rings. The van der Waals surface area contributed by atoms with Crippen molar-refractivity contribution in [2.45, 2.75) is 25.8 Å². The molecule has 1 atom stereocenters. The molecule has 1 unspecified atom stereocenters. The van der Waals surface area contributed by atoms with E-state index in [-0.39, 0.29) is 22.9 Å². The molecule has 34 heavy (non-hydrogen) atoms. The molecule has 4 rings (SSSR count). The van der Waals surface area contributed by atoms with Crippen molar-refractivity contribution in [1.82, 2.24) is 4.90 Å². The van der Waals surface area contributed by atoms with Crippen LogP contribution >= 0.6 is 23.2 Å². The Morgan fingerprint density at radius 2 is 1.74 bits per heavy atom. The van der Waals surface area contributed by atoms with Crippen LogP contribution in [0.5, 0.6) is 0 Å². The number of halogens is 2. The van der Waals surface area contributed by atoms with Gasteiger partial charge in [-0.25, -0.2) is 0 Å². The monoisotopic (exact) mass is 495 g/mol. The quantitative estimate of drug-likeness (QED) is 0.429. The number of carbonyl (C=O) groups is 2. The van der Waals surface area contributed by atoms with Gasteiger partial charge in [0.1, 0.15) is 0 Å². The van der Waals surface area contributed by atoms with Crippen molar-refractivity contribution in [3.63, 3.8) is 0 Å². The Hall–Kier alpha value is -2.86. The molecule has 0 aromatic heterocycles. The summed E-state index contributed by atoms with van der Waals surface area (Å²) >= 11 is 12.7. The zero-order chi connectivity index (χ0) is 24.2. The number of anilines is 2. The lowest BCUT2D eigenvalue weighted by Gasteiger charge is -2.28. The highest BCUT2D eigenvalue weighted by Crippen LogP contribution is 2.37. The molecule has 1 N–H and O–H groups in total. The van der Waals surface area contributed by atoms with E-state index in [9.17, 15) is 9.59 Å². The van der Waals surface area contributed by atoms with Crippen LogP contribution in [0.3, 0.4) is 0 Å². The summed E-state index contributed by atoms with van der Waals surface area (Å²) in [5.41, 5.74) is 3.33. The van der Waals surface area contributed by atoms with E-state index in [1.807, 2.05) is 23.1 Å². The van der Waals surface area contributed by atoms with Gasteiger partial charge in [-0.1, -0.05) is 60.5 Å². The van der Waals surface area contributed by atoms with Gasteiger partial charge in [0.15, 0.2) is 0 Å². The summed E-state index contributed by atoms with van der Waals surface area (Å²) in [6, 6.07) is 20.1. The number of nitrogens with one attached hydrogen (secondary N) is 1. The summed E-state index contributed by atoms with van der Waals surface area (Å²) in [4.78, 5) is 30.3. The van der Waals surface area contributed by atoms with E-state index >= 15 is 0 Å². The van der Waals surface area contributed by atoms with E-state index in [0.29, 0.717) is 28.4 Å². The first-order valence-electron chi connectivity index (χ1n) is 11.4. The lowest BCUT2D eigenvalue weighted by atomic mass is 10.0. The number of hydrogen-bond donors (Lipinski definition) is 1. The molecule has 3 aromatic carbocycles. The van der Waals surface area contributed by atoms with Gasteiger partial charge in [0.05, 0.1) is 21.2 Å².